The van der Waals surface area contributed by atoms with E-state index in [2.05, 4.69) is 31.2 Å². The lowest BCUT2D eigenvalue weighted by molar-refractivity contribution is 0.0685. The third kappa shape index (κ3) is 3.42. The highest BCUT2D eigenvalue weighted by atomic mass is 79.9. The van der Waals surface area contributed by atoms with Crippen molar-refractivity contribution in [2.75, 3.05) is 6.54 Å². The number of amides is 1. The number of H-pyrrole nitrogens is 1. The maximum atomic E-state index is 11.8. The number of halogens is 1. The zero-order valence-corrected chi connectivity index (χ0v) is 12.0. The first-order chi connectivity index (χ1) is 9.08. The summed E-state index contributed by atoms with van der Waals surface area (Å²) in [6.07, 6.45) is 1.88. The average Bonchev–Trinajstić information content (AvgIpc) is 2.97. The van der Waals surface area contributed by atoms with E-state index in [9.17, 15) is 9.59 Å². The monoisotopic (exact) mass is 343 g/mol. The van der Waals surface area contributed by atoms with E-state index in [1.54, 1.807) is 11.3 Å². The number of aromatic nitrogens is 2. The van der Waals surface area contributed by atoms with Gasteiger partial charge in [0.25, 0.3) is 5.91 Å². The second-order valence-corrected chi connectivity index (χ2v) is 6.19. The lowest BCUT2D eigenvalue weighted by atomic mass is 10.3. The van der Waals surface area contributed by atoms with E-state index in [0.717, 1.165) is 8.66 Å². The first-order valence-corrected chi connectivity index (χ1v) is 6.98. The number of thiophene rings is 1. The molecule has 1 amide bonds. The summed E-state index contributed by atoms with van der Waals surface area (Å²) in [5.74, 6) is -1.70. The largest absolute Gasteiger partial charge is 0.477 e. The van der Waals surface area contributed by atoms with Crippen molar-refractivity contribution in [3.63, 3.8) is 0 Å². The molecule has 0 aliphatic carbocycles. The van der Waals surface area contributed by atoms with Crippen LogP contribution in [0.15, 0.2) is 22.2 Å². The van der Waals surface area contributed by atoms with Gasteiger partial charge >= 0.3 is 5.97 Å². The number of nitrogens with zero attached hydrogens (tertiary/aromatic N) is 1. The molecule has 0 fully saturated rings. The Bertz CT molecular complexity index is 608. The van der Waals surface area contributed by atoms with Gasteiger partial charge in [0.1, 0.15) is 0 Å². The zero-order chi connectivity index (χ0) is 13.8. The number of carbonyl (C=O) groups excluding carboxylic acids is 1. The first-order valence-electron chi connectivity index (χ1n) is 5.37. The van der Waals surface area contributed by atoms with E-state index in [0.29, 0.717) is 13.0 Å². The molecule has 100 valence electrons. The van der Waals surface area contributed by atoms with Crippen molar-refractivity contribution in [1.29, 1.82) is 0 Å². The van der Waals surface area contributed by atoms with Gasteiger partial charge in [-0.05, 0) is 34.5 Å². The van der Waals surface area contributed by atoms with Crippen LogP contribution in [0.3, 0.4) is 0 Å². The number of carboxylic acid groups (broad SMARTS) is 1. The lowest BCUT2D eigenvalue weighted by Gasteiger charge is -2.02. The number of rotatable bonds is 5. The van der Waals surface area contributed by atoms with E-state index >= 15 is 0 Å². The number of hydrogen-bond acceptors (Lipinski definition) is 4. The summed E-state index contributed by atoms with van der Waals surface area (Å²) in [6, 6.07) is 3.91. The van der Waals surface area contributed by atoms with Gasteiger partial charge in [0.05, 0.1) is 10.1 Å². The summed E-state index contributed by atoms with van der Waals surface area (Å²) in [6.45, 7) is 0.428. The molecule has 0 saturated heterocycles. The van der Waals surface area contributed by atoms with Crippen LogP contribution in [0.25, 0.3) is 0 Å². The van der Waals surface area contributed by atoms with E-state index in [4.69, 9.17) is 5.11 Å². The molecule has 0 saturated carbocycles. The van der Waals surface area contributed by atoms with Crippen LogP contribution in [0.1, 0.15) is 25.9 Å². The molecule has 2 heterocycles. The van der Waals surface area contributed by atoms with Gasteiger partial charge in [-0.25, -0.2) is 9.78 Å². The molecule has 0 spiro atoms. The summed E-state index contributed by atoms with van der Waals surface area (Å²) >= 11 is 4.96. The van der Waals surface area contributed by atoms with Crippen LogP contribution in [0.2, 0.25) is 0 Å². The fraction of sp³-hybridized carbons (Fsp3) is 0.182. The van der Waals surface area contributed by atoms with Gasteiger partial charge in [0.15, 0.2) is 11.4 Å². The second-order valence-electron chi connectivity index (χ2n) is 3.64. The van der Waals surface area contributed by atoms with Gasteiger partial charge in [-0.3, -0.25) is 4.79 Å². The van der Waals surface area contributed by atoms with Crippen molar-refractivity contribution in [2.45, 2.75) is 6.42 Å². The fourth-order valence-corrected chi connectivity index (χ4v) is 2.98. The van der Waals surface area contributed by atoms with Crippen molar-refractivity contribution in [3.05, 3.63) is 38.5 Å². The smallest absolute Gasteiger partial charge is 0.354 e. The van der Waals surface area contributed by atoms with E-state index < -0.39 is 11.9 Å². The Kier molecular flexibility index (Phi) is 4.33. The van der Waals surface area contributed by atoms with Crippen molar-refractivity contribution < 1.29 is 14.7 Å². The summed E-state index contributed by atoms with van der Waals surface area (Å²) < 4.78 is 1.04. The number of aromatic amines is 1. The topological polar surface area (TPSA) is 95.1 Å². The third-order valence-corrected chi connectivity index (χ3v) is 4.04. The molecule has 2 aromatic heterocycles. The van der Waals surface area contributed by atoms with Crippen LogP contribution in [0.4, 0.5) is 0 Å². The van der Waals surface area contributed by atoms with Crippen molar-refractivity contribution in [3.8, 4) is 0 Å². The third-order valence-electron chi connectivity index (χ3n) is 2.35. The molecule has 19 heavy (non-hydrogen) atoms. The van der Waals surface area contributed by atoms with Gasteiger partial charge in [-0.2, -0.15) is 0 Å². The first kappa shape index (κ1) is 13.8. The van der Waals surface area contributed by atoms with Crippen molar-refractivity contribution in [1.82, 2.24) is 15.3 Å². The Balaban J connectivity index is 1.91. The predicted octanol–water partition coefficient (Wildman–Crippen LogP) is 1.90. The lowest BCUT2D eigenvalue weighted by Crippen LogP contribution is -2.27. The SMILES string of the molecule is O=C(NCCc1ccc(Br)s1)c1nc[nH]c1C(=O)O. The number of imidazole rings is 1. The minimum atomic E-state index is -1.20. The second kappa shape index (κ2) is 5.98. The normalized spacial score (nSPS) is 10.4. The van der Waals surface area contributed by atoms with Crippen LogP contribution < -0.4 is 5.32 Å². The summed E-state index contributed by atoms with van der Waals surface area (Å²) in [5, 5.41) is 11.5. The highest BCUT2D eigenvalue weighted by Crippen LogP contribution is 2.22. The van der Waals surface area contributed by atoms with Gasteiger partial charge in [-0.1, -0.05) is 0 Å². The summed E-state index contributed by atoms with van der Waals surface area (Å²) in [4.78, 5) is 29.9. The highest BCUT2D eigenvalue weighted by Gasteiger charge is 2.19. The van der Waals surface area contributed by atoms with E-state index in [1.165, 1.54) is 6.33 Å². The number of carbonyl (C=O) groups is 2. The quantitative estimate of drug-likeness (QED) is 0.772. The Morgan fingerprint density at radius 3 is 2.89 bits per heavy atom. The molecule has 3 N–H and O–H groups in total. The van der Waals surface area contributed by atoms with Gasteiger partial charge in [0.2, 0.25) is 0 Å². The Labute approximate surface area is 121 Å². The maximum Gasteiger partial charge on any atom is 0.354 e. The Morgan fingerprint density at radius 1 is 1.47 bits per heavy atom. The number of nitrogens with one attached hydrogen (secondary N) is 2. The Morgan fingerprint density at radius 2 is 2.26 bits per heavy atom. The molecule has 2 rings (SSSR count). The molecular formula is C11H10BrN3O3S. The van der Waals surface area contributed by atoms with Crippen molar-refractivity contribution in [2.24, 2.45) is 0 Å². The van der Waals surface area contributed by atoms with Crippen LogP contribution in [-0.2, 0) is 6.42 Å². The standard InChI is InChI=1S/C11H10BrN3O3S/c12-7-2-1-6(19-7)3-4-13-10(16)8-9(11(17)18)15-5-14-8/h1-2,5H,3-4H2,(H,13,16)(H,14,15)(H,17,18). The van der Waals surface area contributed by atoms with Gasteiger partial charge < -0.3 is 15.4 Å². The van der Waals surface area contributed by atoms with Crippen molar-refractivity contribution >= 4 is 39.1 Å². The molecule has 0 aromatic carbocycles. The van der Waals surface area contributed by atoms with E-state index in [1.807, 2.05) is 12.1 Å². The van der Waals surface area contributed by atoms with Crippen LogP contribution in [0, 0.1) is 0 Å². The minimum absolute atomic E-state index is 0.0974. The molecular weight excluding hydrogens is 334 g/mol. The predicted molar refractivity (Wildman–Crippen MR) is 73.6 cm³/mol. The number of aromatic carboxylic acids is 1. The van der Waals surface area contributed by atoms with Crippen LogP contribution >= 0.6 is 27.3 Å². The molecule has 0 aliphatic rings. The highest BCUT2D eigenvalue weighted by molar-refractivity contribution is 9.11. The maximum absolute atomic E-state index is 11.8. The van der Waals surface area contributed by atoms with Gasteiger partial charge in [-0.15, -0.1) is 11.3 Å². The Hall–Kier alpha value is -1.67. The number of hydrogen-bond donors (Lipinski definition) is 3. The summed E-state index contributed by atoms with van der Waals surface area (Å²) in [5.41, 5.74) is -0.295. The number of carboxylic acids is 1. The average molecular weight is 344 g/mol. The fourth-order valence-electron chi connectivity index (χ4n) is 1.50. The molecule has 0 aliphatic heterocycles. The van der Waals surface area contributed by atoms with Crippen LogP contribution in [-0.4, -0.2) is 33.5 Å². The molecule has 8 heteroatoms. The molecule has 2 aromatic rings. The summed E-state index contributed by atoms with van der Waals surface area (Å²) in [7, 11) is 0. The van der Waals surface area contributed by atoms with Gasteiger partial charge in [0, 0.05) is 11.4 Å². The van der Waals surface area contributed by atoms with E-state index in [-0.39, 0.29) is 11.4 Å². The van der Waals surface area contributed by atoms with Crippen LogP contribution in [0.5, 0.6) is 0 Å². The molecule has 0 radical (unpaired) electrons. The minimum Gasteiger partial charge on any atom is -0.477 e. The molecule has 6 nitrogen and oxygen atoms in total. The molecule has 0 atom stereocenters. The molecule has 0 bridgehead atoms. The molecule has 0 unspecified atom stereocenters. The zero-order valence-electron chi connectivity index (χ0n) is 9.64.